The minimum Gasteiger partial charge on any atom is -0.468 e. The van der Waals surface area contributed by atoms with Crippen LogP contribution in [0.4, 0.5) is 0 Å². The minimum atomic E-state index is -1.83. The van der Waals surface area contributed by atoms with Crippen molar-refractivity contribution in [2.24, 2.45) is 5.41 Å². The number of hydrogen-bond donors (Lipinski definition) is 0. The summed E-state index contributed by atoms with van der Waals surface area (Å²) in [6.07, 6.45) is 4.09. The van der Waals surface area contributed by atoms with Gasteiger partial charge in [0.25, 0.3) is 0 Å². The molecule has 0 radical (unpaired) electrons. The molecule has 0 heterocycles. The van der Waals surface area contributed by atoms with E-state index in [-0.39, 0.29) is 31.4 Å². The maximum atomic E-state index is 12.9. The lowest BCUT2D eigenvalue weighted by Gasteiger charge is -2.30. The average Bonchev–Trinajstić information content (AvgIpc) is 2.68. The summed E-state index contributed by atoms with van der Waals surface area (Å²) in [4.78, 5) is 49.7. The molecule has 1 unspecified atom stereocenters. The van der Waals surface area contributed by atoms with Gasteiger partial charge in [0.05, 0.1) is 26.4 Å². The maximum Gasteiger partial charge on any atom is 0.335 e. The van der Waals surface area contributed by atoms with Crippen molar-refractivity contribution in [3.63, 3.8) is 0 Å². The first kappa shape index (κ1) is 20.9. The number of allylic oxidation sites excluding steroid dienone is 1. The van der Waals surface area contributed by atoms with Crippen LogP contribution in [0.25, 0.3) is 0 Å². The van der Waals surface area contributed by atoms with Gasteiger partial charge in [0, 0.05) is 12.8 Å². The fourth-order valence-corrected chi connectivity index (χ4v) is 3.06. The van der Waals surface area contributed by atoms with Gasteiger partial charge in [-0.2, -0.15) is 0 Å². The minimum absolute atomic E-state index is 0.0435. The molecule has 0 aromatic carbocycles. The second-order valence-corrected chi connectivity index (χ2v) is 5.83. The van der Waals surface area contributed by atoms with Gasteiger partial charge < -0.3 is 14.2 Å². The highest BCUT2D eigenvalue weighted by Crippen LogP contribution is 2.39. The van der Waals surface area contributed by atoms with Crippen molar-refractivity contribution >= 4 is 23.7 Å². The summed E-state index contributed by atoms with van der Waals surface area (Å²) in [6.45, 7) is 1.86. The number of methoxy groups -OCH3 is 2. The lowest BCUT2D eigenvalue weighted by molar-refractivity contribution is -0.160. The molecule has 0 aromatic heterocycles. The van der Waals surface area contributed by atoms with E-state index >= 15 is 0 Å². The molecule has 0 aromatic rings. The molecule has 1 aliphatic rings. The summed E-state index contributed by atoms with van der Waals surface area (Å²) >= 11 is 0. The van der Waals surface area contributed by atoms with Crippen molar-refractivity contribution < 1.29 is 33.4 Å². The number of carbonyl (C=O) groups is 4. The number of ketones is 1. The van der Waals surface area contributed by atoms with E-state index in [1.807, 2.05) is 0 Å². The number of esters is 3. The van der Waals surface area contributed by atoms with Gasteiger partial charge in [-0.15, -0.1) is 0 Å². The van der Waals surface area contributed by atoms with Crippen molar-refractivity contribution in [3.8, 4) is 0 Å². The van der Waals surface area contributed by atoms with Crippen molar-refractivity contribution in [3.05, 3.63) is 11.6 Å². The topological polar surface area (TPSA) is 96.0 Å². The third kappa shape index (κ3) is 4.90. The zero-order valence-corrected chi connectivity index (χ0v) is 15.1. The molecule has 0 bridgehead atoms. The molecule has 0 spiro atoms. The Hall–Kier alpha value is -2.18. The molecule has 1 rings (SSSR count). The van der Waals surface area contributed by atoms with Gasteiger partial charge in [0.2, 0.25) is 0 Å². The van der Waals surface area contributed by atoms with Crippen molar-refractivity contribution in [2.75, 3.05) is 20.8 Å². The van der Waals surface area contributed by atoms with Crippen molar-refractivity contribution in [1.29, 1.82) is 0 Å². The largest absolute Gasteiger partial charge is 0.468 e. The summed E-state index contributed by atoms with van der Waals surface area (Å²) in [7, 11) is 2.34. The highest BCUT2D eigenvalue weighted by molar-refractivity contribution is 6.14. The van der Waals surface area contributed by atoms with Gasteiger partial charge in [-0.05, 0) is 32.6 Å². The Bertz CT molecular complexity index is 550. The van der Waals surface area contributed by atoms with E-state index in [9.17, 15) is 19.2 Å². The molecule has 140 valence electrons. The molecule has 0 aliphatic heterocycles. The Morgan fingerprint density at radius 2 is 1.84 bits per heavy atom. The molecule has 7 heteroatoms. The average molecular weight is 354 g/mol. The Morgan fingerprint density at radius 1 is 1.12 bits per heavy atom. The maximum absolute atomic E-state index is 12.9. The monoisotopic (exact) mass is 354 g/mol. The first-order chi connectivity index (χ1) is 11.9. The van der Waals surface area contributed by atoms with Crippen LogP contribution in [0.1, 0.15) is 51.9 Å². The molecule has 0 N–H and O–H groups in total. The fraction of sp³-hybridized carbons (Fsp3) is 0.667. The lowest BCUT2D eigenvalue weighted by Crippen LogP contribution is -2.45. The van der Waals surface area contributed by atoms with Crippen LogP contribution in [-0.2, 0) is 33.4 Å². The van der Waals surface area contributed by atoms with E-state index in [2.05, 4.69) is 0 Å². The summed E-state index contributed by atoms with van der Waals surface area (Å²) in [5, 5.41) is 0. The first-order valence-corrected chi connectivity index (χ1v) is 8.50. The van der Waals surface area contributed by atoms with Crippen LogP contribution in [0, 0.1) is 5.41 Å². The van der Waals surface area contributed by atoms with Gasteiger partial charge in [0.1, 0.15) is 0 Å². The number of ether oxygens (including phenoxy) is 3. The Labute approximate surface area is 147 Å². The first-order valence-electron chi connectivity index (χ1n) is 8.50. The van der Waals surface area contributed by atoms with Gasteiger partial charge in [-0.25, -0.2) is 4.79 Å². The summed E-state index contributed by atoms with van der Waals surface area (Å²) in [5.74, 6) is -2.57. The predicted octanol–water partition coefficient (Wildman–Crippen LogP) is 2.12. The van der Waals surface area contributed by atoms with E-state index < -0.39 is 29.1 Å². The van der Waals surface area contributed by atoms with Crippen LogP contribution in [0.3, 0.4) is 0 Å². The number of rotatable bonds is 6. The molecular formula is C18H26O7. The molecular weight excluding hydrogens is 328 g/mol. The third-order valence-corrected chi connectivity index (χ3v) is 4.34. The summed E-state index contributed by atoms with van der Waals surface area (Å²) < 4.78 is 14.5. The van der Waals surface area contributed by atoms with E-state index in [1.54, 1.807) is 13.0 Å². The highest BCUT2D eigenvalue weighted by Gasteiger charge is 2.52. The Balaban J connectivity index is 3.39. The van der Waals surface area contributed by atoms with Crippen LogP contribution in [-0.4, -0.2) is 44.5 Å². The SMILES string of the molecule is CCOC(=O)CCC1(C(=O)OC)C(=O)CCCCC/C=C/1C(=O)OC. The van der Waals surface area contributed by atoms with Crippen LogP contribution in [0.15, 0.2) is 11.6 Å². The van der Waals surface area contributed by atoms with E-state index in [0.29, 0.717) is 12.8 Å². The molecule has 25 heavy (non-hydrogen) atoms. The summed E-state index contributed by atoms with van der Waals surface area (Å²) in [5.41, 5.74) is -1.88. The van der Waals surface area contributed by atoms with Gasteiger partial charge in [-0.3, -0.25) is 14.4 Å². The van der Waals surface area contributed by atoms with Gasteiger partial charge >= 0.3 is 17.9 Å². The molecule has 0 amide bonds. The van der Waals surface area contributed by atoms with E-state index in [4.69, 9.17) is 14.2 Å². The second kappa shape index (κ2) is 9.96. The zero-order valence-electron chi connectivity index (χ0n) is 15.1. The Kier molecular flexibility index (Phi) is 8.31. The van der Waals surface area contributed by atoms with Crippen LogP contribution >= 0.6 is 0 Å². The third-order valence-electron chi connectivity index (χ3n) is 4.34. The molecule has 0 saturated heterocycles. The van der Waals surface area contributed by atoms with E-state index in [1.165, 1.54) is 7.11 Å². The fourth-order valence-electron chi connectivity index (χ4n) is 3.06. The van der Waals surface area contributed by atoms with Crippen LogP contribution < -0.4 is 0 Å². The zero-order chi connectivity index (χ0) is 18.9. The van der Waals surface area contributed by atoms with Crippen LogP contribution in [0.2, 0.25) is 0 Å². The van der Waals surface area contributed by atoms with Gasteiger partial charge in [0.15, 0.2) is 11.2 Å². The predicted molar refractivity (Wildman–Crippen MR) is 88.5 cm³/mol. The second-order valence-electron chi connectivity index (χ2n) is 5.83. The number of hydrogen-bond acceptors (Lipinski definition) is 7. The normalized spacial score (nSPS) is 23.3. The number of Topliss-reactive ketones (excluding diaryl/α,β-unsaturated/α-hetero) is 1. The van der Waals surface area contributed by atoms with Crippen molar-refractivity contribution in [1.82, 2.24) is 0 Å². The Morgan fingerprint density at radius 3 is 2.44 bits per heavy atom. The smallest absolute Gasteiger partial charge is 0.335 e. The molecule has 1 aliphatic carbocycles. The molecule has 7 nitrogen and oxygen atoms in total. The van der Waals surface area contributed by atoms with Gasteiger partial charge in [-0.1, -0.05) is 12.5 Å². The van der Waals surface area contributed by atoms with E-state index in [0.717, 1.165) is 20.0 Å². The molecule has 0 fully saturated rings. The number of carbonyl (C=O) groups excluding carboxylic acids is 4. The standard InChI is InChI=1S/C18H26O7/c1-4-25-15(20)11-12-18(17(22)24-3)13(16(21)23-2)9-7-5-6-8-10-14(18)19/h9H,4-8,10-12H2,1-3H3/b13-9+. The lowest BCUT2D eigenvalue weighted by atomic mass is 9.71. The highest BCUT2D eigenvalue weighted by atomic mass is 16.5. The summed E-state index contributed by atoms with van der Waals surface area (Å²) in [6, 6.07) is 0. The quantitative estimate of drug-likeness (QED) is 0.409. The van der Waals surface area contributed by atoms with Crippen molar-refractivity contribution in [2.45, 2.75) is 51.9 Å². The van der Waals surface area contributed by atoms with Crippen LogP contribution in [0.5, 0.6) is 0 Å². The molecule has 1 atom stereocenters. The molecule has 0 saturated carbocycles.